The van der Waals surface area contributed by atoms with E-state index in [0.29, 0.717) is 64.5 Å². The molecule has 0 aromatic heterocycles. The Hall–Kier alpha value is -10.7. The van der Waals surface area contributed by atoms with Crippen molar-refractivity contribution in [2.24, 2.45) is 0 Å². The van der Waals surface area contributed by atoms with E-state index in [-0.39, 0.29) is 86.1 Å². The molecule has 0 bridgehead atoms. The number of amides is 6. The molecule has 0 unspecified atom stereocenters. The normalized spacial score (nSPS) is 16.5. The number of allylic oxidation sites excluding steroid dienone is 5. The number of Topliss-reactive ketones (excluding diaryl/α,β-unsaturated/α-hetero) is 1. The molecule has 2 aliphatic heterocycles. The van der Waals surface area contributed by atoms with E-state index in [1.165, 1.54) is 0 Å². The number of benzene rings is 2. The van der Waals surface area contributed by atoms with Gasteiger partial charge in [0.1, 0.15) is 42.1 Å². The molecule has 514 valence electrons. The van der Waals surface area contributed by atoms with Gasteiger partial charge in [0.25, 0.3) is 21.7 Å². The zero-order valence-electron chi connectivity index (χ0n) is 53.5. The SMILES string of the molecule is CC1(C)C(/C=C2/C(=O)C(/C=C3\N(CCCCCC(=O)NCCCC[C@H](NC(=O)N[C@@H](CNc4c(O)c(=O)c4=O)C(=O)O)C(=O)O)c4ccccc4C3(C)C)=C2[O-])=[N+](CCCCCC(=O)NCCCC[C@H](NC(=O)N[C@@H](CNc2c(O)c(=O)c2=O)C(=O)O)C(=O)O)c2ccccc21. The standard InChI is InChI=1S/C66H80N10O20/c1-65(2)37-19-9-11-23-43(37)75(29-17-5-7-25-47(77)67-27-15-13-21-39(59(87)88)71-63(95)73-41(61(91)92)33-69-49-53(81)57(85)54(49)82)45(65)31-35-51(79)36(52(35)80)32-46-66(3,4)38-20-10-12-24-44(38)76(46)30-18-6-8-26-48(78)68-28-16-14-22-40(60(89)90)72-64(96)74-42(62(93)94)34-70-50-55(83)58(86)56(50)84/h9-12,19-20,23-24,31-32,39-42H,5-8,13-18,21-22,25-30,33-34H2,1-4H3,(H14,67,68,69,70,71,72,73,74,77,78,79,80,81,82,83,84,85,86,87,88,89,90,91,92,93,94,95,96)/b45-31-/t39-,40-,41-,42-/m0/s1. The fraction of sp³-hybridized carbons (Fsp3) is 0.455. The summed E-state index contributed by atoms with van der Waals surface area (Å²) in [5, 5.41) is 90.3. The summed E-state index contributed by atoms with van der Waals surface area (Å²) >= 11 is 0. The molecule has 6 amide bonds. The summed E-state index contributed by atoms with van der Waals surface area (Å²) < 4.78 is 2.12. The number of aromatic hydroxyl groups is 2. The van der Waals surface area contributed by atoms with E-state index in [0.717, 1.165) is 33.9 Å². The number of anilines is 3. The number of hydrogen-bond donors (Lipinski definition) is 14. The number of nitrogens with one attached hydrogen (secondary N) is 8. The highest BCUT2D eigenvalue weighted by Crippen LogP contribution is 2.49. The number of para-hydroxylation sites is 2. The fourth-order valence-corrected chi connectivity index (χ4v) is 11.8. The number of carbonyl (C=O) groups is 9. The smallest absolute Gasteiger partial charge is 0.328 e. The first-order valence-corrected chi connectivity index (χ1v) is 31.6. The average molecular weight is 1330 g/mol. The van der Waals surface area contributed by atoms with Crippen LogP contribution >= 0.6 is 0 Å². The van der Waals surface area contributed by atoms with E-state index in [1.807, 2.05) is 76.2 Å². The van der Waals surface area contributed by atoms with E-state index >= 15 is 0 Å². The van der Waals surface area contributed by atoms with Gasteiger partial charge in [-0.15, -0.1) is 0 Å². The van der Waals surface area contributed by atoms with E-state index in [1.54, 1.807) is 12.2 Å². The lowest BCUT2D eigenvalue weighted by molar-refractivity contribution is -0.438. The molecule has 3 aliphatic rings. The maximum absolute atomic E-state index is 14.2. The highest BCUT2D eigenvalue weighted by molar-refractivity contribution is 6.24. The van der Waals surface area contributed by atoms with E-state index in [4.69, 9.17) is 0 Å². The van der Waals surface area contributed by atoms with Crippen LogP contribution in [0.2, 0.25) is 0 Å². The van der Waals surface area contributed by atoms with Gasteiger partial charge in [-0.3, -0.25) is 33.6 Å². The molecule has 0 fully saturated rings. The molecule has 4 aromatic rings. The first kappa shape index (κ1) is 72.7. The number of urea groups is 2. The minimum Gasteiger partial charge on any atom is -0.871 e. The van der Waals surface area contributed by atoms with Crippen LogP contribution in [-0.2, 0) is 44.4 Å². The molecule has 7 rings (SSSR count). The van der Waals surface area contributed by atoms with Crippen LogP contribution < -0.4 is 74.3 Å². The van der Waals surface area contributed by atoms with Crippen molar-refractivity contribution in [3.8, 4) is 11.5 Å². The Kier molecular flexibility index (Phi) is 24.2. The van der Waals surface area contributed by atoms with E-state index in [2.05, 4.69) is 52.0 Å². The highest BCUT2D eigenvalue weighted by Gasteiger charge is 2.46. The summed E-state index contributed by atoms with van der Waals surface area (Å²) in [5.74, 6) is -8.75. The minimum absolute atomic E-state index is 0.0510. The number of hydrogen-bond acceptors (Lipinski definition) is 19. The number of ketones is 1. The Morgan fingerprint density at radius 2 is 1.00 bits per heavy atom. The second-order valence-corrected chi connectivity index (χ2v) is 24.8. The van der Waals surface area contributed by atoms with Crippen molar-refractivity contribution in [1.29, 1.82) is 0 Å². The highest BCUT2D eigenvalue weighted by atomic mass is 16.4. The maximum Gasteiger partial charge on any atom is 0.328 e. The molecule has 0 spiro atoms. The monoisotopic (exact) mass is 1330 g/mol. The molecule has 14 N–H and O–H groups in total. The number of fused-ring (bicyclic) bond motifs is 2. The zero-order chi connectivity index (χ0) is 70.3. The Labute approximate surface area is 549 Å². The second kappa shape index (κ2) is 32.0. The van der Waals surface area contributed by atoms with Gasteiger partial charge >= 0.3 is 35.9 Å². The van der Waals surface area contributed by atoms with Crippen molar-refractivity contribution in [1.82, 2.24) is 31.9 Å². The molecule has 30 heteroatoms. The zero-order valence-corrected chi connectivity index (χ0v) is 53.5. The third kappa shape index (κ3) is 17.2. The van der Waals surface area contributed by atoms with Gasteiger partial charge in [-0.1, -0.05) is 62.4 Å². The number of carboxylic acid groups (broad SMARTS) is 4. The van der Waals surface area contributed by atoms with E-state index in [9.17, 15) is 98.1 Å². The third-order valence-corrected chi connectivity index (χ3v) is 17.3. The molecule has 0 saturated carbocycles. The first-order valence-electron chi connectivity index (χ1n) is 31.6. The van der Waals surface area contributed by atoms with Crippen molar-refractivity contribution in [3.63, 3.8) is 0 Å². The molecule has 2 heterocycles. The molecule has 0 radical (unpaired) electrons. The number of rotatable bonds is 38. The number of carbonyl (C=O) groups excluding carboxylic acids is 5. The molecule has 4 aromatic carbocycles. The average Bonchev–Trinajstić information content (AvgIpc) is 1.57. The summed E-state index contributed by atoms with van der Waals surface area (Å²) in [5.41, 5.74) is -0.908. The number of carboxylic acids is 4. The molecular formula is C66H80N10O20. The Morgan fingerprint density at radius 1 is 0.542 bits per heavy atom. The van der Waals surface area contributed by atoms with Crippen LogP contribution in [0.3, 0.4) is 0 Å². The lowest BCUT2D eigenvalue weighted by Crippen LogP contribution is -2.53. The quantitative estimate of drug-likeness (QED) is 0.0132. The van der Waals surface area contributed by atoms with Crippen LogP contribution in [0, 0.1) is 0 Å². The Balaban J connectivity index is 0.855. The molecule has 96 heavy (non-hydrogen) atoms. The summed E-state index contributed by atoms with van der Waals surface area (Å²) in [6.07, 6.45) is 8.77. The van der Waals surface area contributed by atoms with Crippen LogP contribution in [0.5, 0.6) is 11.5 Å². The van der Waals surface area contributed by atoms with Crippen molar-refractivity contribution < 1.29 is 83.5 Å². The summed E-state index contributed by atoms with van der Waals surface area (Å²) in [6, 6.07) is 7.37. The lowest BCUT2D eigenvalue weighted by Gasteiger charge is -2.33. The largest absolute Gasteiger partial charge is 0.871 e. The van der Waals surface area contributed by atoms with Gasteiger partial charge in [0.2, 0.25) is 17.5 Å². The summed E-state index contributed by atoms with van der Waals surface area (Å²) in [4.78, 5) is 160. The molecular weight excluding hydrogens is 1250 g/mol. The number of unbranched alkanes of at least 4 members (excludes halogenated alkanes) is 6. The summed E-state index contributed by atoms with van der Waals surface area (Å²) in [7, 11) is 0. The Bertz CT molecular complexity index is 3960. The van der Waals surface area contributed by atoms with Crippen molar-refractivity contribution in [2.75, 3.05) is 54.8 Å². The van der Waals surface area contributed by atoms with Crippen LogP contribution in [0.4, 0.5) is 32.3 Å². The van der Waals surface area contributed by atoms with Gasteiger partial charge in [-0.2, -0.15) is 4.58 Å². The predicted molar refractivity (Wildman–Crippen MR) is 347 cm³/mol. The van der Waals surface area contributed by atoms with Gasteiger partial charge < -0.3 is 83.2 Å². The van der Waals surface area contributed by atoms with Gasteiger partial charge in [-0.25, -0.2) is 28.8 Å². The number of nitrogens with zero attached hydrogens (tertiary/aromatic N) is 2. The fourth-order valence-electron chi connectivity index (χ4n) is 11.8. The molecule has 30 nitrogen and oxygen atoms in total. The second-order valence-electron chi connectivity index (χ2n) is 24.8. The van der Waals surface area contributed by atoms with Crippen LogP contribution in [0.25, 0.3) is 0 Å². The van der Waals surface area contributed by atoms with Gasteiger partial charge in [0.15, 0.2) is 23.0 Å². The molecule has 0 saturated heterocycles. The van der Waals surface area contributed by atoms with E-state index < -0.39 is 129 Å². The van der Waals surface area contributed by atoms with Crippen molar-refractivity contribution >= 4 is 82.0 Å². The van der Waals surface area contributed by atoms with Crippen molar-refractivity contribution in [2.45, 2.75) is 153 Å². The maximum atomic E-state index is 14.2. The minimum atomic E-state index is -1.66. The van der Waals surface area contributed by atoms with Gasteiger partial charge in [0.05, 0.1) is 5.41 Å². The van der Waals surface area contributed by atoms with Crippen LogP contribution in [0.1, 0.15) is 129 Å². The summed E-state index contributed by atoms with van der Waals surface area (Å²) in [6.45, 7) is 8.49. The van der Waals surface area contributed by atoms with Crippen LogP contribution in [-0.4, -0.2) is 158 Å². The number of aliphatic carboxylic acids is 4. The third-order valence-electron chi connectivity index (χ3n) is 17.3. The van der Waals surface area contributed by atoms with Gasteiger partial charge in [-0.05, 0) is 95.8 Å². The molecule has 1 aliphatic carbocycles. The Morgan fingerprint density at radius 3 is 1.48 bits per heavy atom. The predicted octanol–water partition coefficient (Wildman–Crippen LogP) is 1.80. The topological polar surface area (TPSA) is 469 Å². The van der Waals surface area contributed by atoms with Gasteiger partial charge in [0, 0.05) is 97.6 Å². The molecule has 4 atom stereocenters. The first-order chi connectivity index (χ1) is 45.5. The van der Waals surface area contributed by atoms with Crippen molar-refractivity contribution in [3.05, 3.63) is 135 Å². The van der Waals surface area contributed by atoms with Crippen LogP contribution in [0.15, 0.2) is 102 Å². The lowest BCUT2D eigenvalue weighted by atomic mass is 9.77.